The van der Waals surface area contributed by atoms with E-state index in [-0.39, 0.29) is 17.6 Å². The summed E-state index contributed by atoms with van der Waals surface area (Å²) in [6.45, 7) is 4.90. The summed E-state index contributed by atoms with van der Waals surface area (Å²) >= 11 is 0. The number of aryl methyl sites for hydroxylation is 2. The highest BCUT2D eigenvalue weighted by molar-refractivity contribution is 5.53. The fourth-order valence-electron chi connectivity index (χ4n) is 4.84. The summed E-state index contributed by atoms with van der Waals surface area (Å²) in [6, 6.07) is 5.28. The van der Waals surface area contributed by atoms with Gasteiger partial charge in [-0.2, -0.15) is 4.39 Å². The van der Waals surface area contributed by atoms with Gasteiger partial charge in [-0.1, -0.05) is 38.8 Å². The van der Waals surface area contributed by atoms with Crippen LogP contribution in [0, 0.1) is 23.4 Å². The molecular formula is C26H31F3O2. The molecule has 2 aliphatic heterocycles. The lowest BCUT2D eigenvalue weighted by Crippen LogP contribution is -2.26. The number of benzene rings is 2. The van der Waals surface area contributed by atoms with Crippen LogP contribution in [0.2, 0.25) is 0 Å². The van der Waals surface area contributed by atoms with Gasteiger partial charge in [-0.15, -0.1) is 0 Å². The summed E-state index contributed by atoms with van der Waals surface area (Å²) in [5.74, 6) is -1.90. The molecule has 2 aromatic rings. The monoisotopic (exact) mass is 432 g/mol. The van der Waals surface area contributed by atoms with Crippen LogP contribution in [0.1, 0.15) is 74.6 Å². The van der Waals surface area contributed by atoms with Gasteiger partial charge >= 0.3 is 0 Å². The van der Waals surface area contributed by atoms with E-state index in [1.54, 1.807) is 12.1 Å². The van der Waals surface area contributed by atoms with E-state index in [4.69, 9.17) is 9.47 Å². The molecule has 2 atom stereocenters. The standard InChI is InChI=1S/C26H31F3O2/c1-3-5-16-7-11-21(30-15-16)12-10-17-8-9-19-14-20-13-18(6-4-2)22(27)24(29)26(20)31-25(19)23(17)28/h8-9,13,16,21H,3-7,10-12,14-15H2,1-2H3. The maximum Gasteiger partial charge on any atom is 0.201 e. The molecule has 0 N–H and O–H groups in total. The van der Waals surface area contributed by atoms with E-state index in [9.17, 15) is 8.78 Å². The van der Waals surface area contributed by atoms with Crippen molar-refractivity contribution in [2.75, 3.05) is 6.61 Å². The van der Waals surface area contributed by atoms with Crippen LogP contribution >= 0.6 is 0 Å². The van der Waals surface area contributed by atoms with Gasteiger partial charge in [-0.3, -0.25) is 0 Å². The van der Waals surface area contributed by atoms with Crippen molar-refractivity contribution in [3.8, 4) is 11.5 Å². The highest BCUT2D eigenvalue weighted by Gasteiger charge is 2.28. The molecule has 2 unspecified atom stereocenters. The number of fused-ring (bicyclic) bond motifs is 2. The lowest BCUT2D eigenvalue weighted by Gasteiger charge is -2.29. The van der Waals surface area contributed by atoms with Gasteiger partial charge in [0.05, 0.1) is 6.10 Å². The van der Waals surface area contributed by atoms with Crippen molar-refractivity contribution in [2.24, 2.45) is 5.92 Å². The molecule has 0 aliphatic carbocycles. The Kier molecular flexibility index (Phi) is 6.90. The predicted octanol–water partition coefficient (Wildman–Crippen LogP) is 7.28. The van der Waals surface area contributed by atoms with E-state index >= 15 is 4.39 Å². The van der Waals surface area contributed by atoms with Gasteiger partial charge in [0.1, 0.15) is 0 Å². The van der Waals surface area contributed by atoms with Crippen LogP contribution in [0.15, 0.2) is 18.2 Å². The minimum absolute atomic E-state index is 0.0270. The van der Waals surface area contributed by atoms with Crippen molar-refractivity contribution >= 4 is 0 Å². The summed E-state index contributed by atoms with van der Waals surface area (Å²) in [5.41, 5.74) is 2.11. The second kappa shape index (κ2) is 9.64. The average Bonchev–Trinajstić information content (AvgIpc) is 2.77. The van der Waals surface area contributed by atoms with Gasteiger partial charge in [-0.25, -0.2) is 8.78 Å². The van der Waals surface area contributed by atoms with Crippen molar-refractivity contribution in [3.63, 3.8) is 0 Å². The molecule has 0 spiro atoms. The summed E-state index contributed by atoms with van der Waals surface area (Å²) in [7, 11) is 0. The molecule has 4 rings (SSSR count). The van der Waals surface area contributed by atoms with Gasteiger partial charge in [0.25, 0.3) is 0 Å². The molecule has 0 amide bonds. The molecule has 168 valence electrons. The first kappa shape index (κ1) is 22.2. The fraction of sp³-hybridized carbons (Fsp3) is 0.538. The predicted molar refractivity (Wildman–Crippen MR) is 115 cm³/mol. The molecular weight excluding hydrogens is 401 g/mol. The quantitative estimate of drug-likeness (QED) is 0.390. The van der Waals surface area contributed by atoms with Gasteiger partial charge in [-0.05, 0) is 61.6 Å². The maximum absolute atomic E-state index is 15.2. The Morgan fingerprint density at radius 2 is 1.65 bits per heavy atom. The lowest BCUT2D eigenvalue weighted by atomic mass is 9.91. The second-order valence-corrected chi connectivity index (χ2v) is 8.93. The lowest BCUT2D eigenvalue weighted by molar-refractivity contribution is -0.0216. The summed E-state index contributed by atoms with van der Waals surface area (Å²) < 4.78 is 55.8. The van der Waals surface area contributed by atoms with Crippen LogP contribution < -0.4 is 4.74 Å². The zero-order valence-corrected chi connectivity index (χ0v) is 18.4. The molecule has 0 aromatic heterocycles. The third kappa shape index (κ3) is 4.62. The average molecular weight is 433 g/mol. The fourth-order valence-corrected chi connectivity index (χ4v) is 4.84. The minimum atomic E-state index is -1.02. The van der Waals surface area contributed by atoms with Gasteiger partial charge in [0.15, 0.2) is 23.1 Å². The SMILES string of the molecule is CCCc1cc2c(c(F)c1F)Oc1c(ccc(CCC3CCC(CCC)CO3)c1F)C2. The van der Waals surface area contributed by atoms with Crippen LogP contribution in [0.5, 0.6) is 11.5 Å². The number of rotatable bonds is 7. The topological polar surface area (TPSA) is 18.5 Å². The first-order chi connectivity index (χ1) is 15.0. The van der Waals surface area contributed by atoms with Crippen molar-refractivity contribution in [1.29, 1.82) is 0 Å². The zero-order chi connectivity index (χ0) is 22.0. The van der Waals surface area contributed by atoms with Gasteiger partial charge in [0, 0.05) is 24.2 Å². The highest BCUT2D eigenvalue weighted by Crippen LogP contribution is 2.42. The highest BCUT2D eigenvalue weighted by atomic mass is 19.2. The summed E-state index contributed by atoms with van der Waals surface area (Å²) in [5, 5.41) is 0. The molecule has 5 heteroatoms. The molecule has 0 radical (unpaired) electrons. The molecule has 2 aliphatic rings. The van der Waals surface area contributed by atoms with Gasteiger partial charge in [0.2, 0.25) is 5.82 Å². The number of hydrogen-bond donors (Lipinski definition) is 0. The van der Waals surface area contributed by atoms with Gasteiger partial charge < -0.3 is 9.47 Å². The molecule has 31 heavy (non-hydrogen) atoms. The van der Waals surface area contributed by atoms with E-state index in [0.717, 1.165) is 25.9 Å². The smallest absolute Gasteiger partial charge is 0.201 e. The third-order valence-electron chi connectivity index (χ3n) is 6.57. The summed E-state index contributed by atoms with van der Waals surface area (Å²) in [4.78, 5) is 0. The Hall–Kier alpha value is -2.01. The maximum atomic E-state index is 15.2. The Balaban J connectivity index is 1.47. The number of halogens is 3. The number of hydrogen-bond acceptors (Lipinski definition) is 2. The van der Waals surface area contributed by atoms with Crippen LogP contribution in [-0.2, 0) is 24.0 Å². The van der Waals surface area contributed by atoms with Crippen molar-refractivity contribution in [1.82, 2.24) is 0 Å². The van der Waals surface area contributed by atoms with E-state index in [1.165, 1.54) is 12.8 Å². The Labute approximate surface area is 182 Å². The molecule has 1 saturated heterocycles. The van der Waals surface area contributed by atoms with E-state index < -0.39 is 17.5 Å². The van der Waals surface area contributed by atoms with E-state index in [0.29, 0.717) is 53.9 Å². The molecule has 1 fully saturated rings. The third-order valence-corrected chi connectivity index (χ3v) is 6.57. The first-order valence-electron chi connectivity index (χ1n) is 11.6. The normalized spacial score (nSPS) is 20.2. The second-order valence-electron chi connectivity index (χ2n) is 8.93. The summed E-state index contributed by atoms with van der Waals surface area (Å²) in [6.07, 6.45) is 7.47. The first-order valence-corrected chi connectivity index (χ1v) is 11.6. The van der Waals surface area contributed by atoms with Crippen molar-refractivity contribution < 1.29 is 22.6 Å². The minimum Gasteiger partial charge on any atom is -0.450 e. The Bertz CT molecular complexity index is 933. The Morgan fingerprint density at radius 1 is 0.839 bits per heavy atom. The van der Waals surface area contributed by atoms with Crippen LogP contribution in [0.25, 0.3) is 0 Å². The molecule has 2 aromatic carbocycles. The number of ether oxygens (including phenoxy) is 2. The largest absolute Gasteiger partial charge is 0.450 e. The van der Waals surface area contributed by atoms with E-state index in [1.807, 2.05) is 13.0 Å². The van der Waals surface area contributed by atoms with Crippen LogP contribution in [-0.4, -0.2) is 12.7 Å². The van der Waals surface area contributed by atoms with Crippen LogP contribution in [0.4, 0.5) is 13.2 Å². The Morgan fingerprint density at radius 3 is 2.35 bits per heavy atom. The molecule has 0 saturated carbocycles. The molecule has 2 nitrogen and oxygen atoms in total. The van der Waals surface area contributed by atoms with Crippen LogP contribution in [0.3, 0.4) is 0 Å². The van der Waals surface area contributed by atoms with Crippen molar-refractivity contribution in [3.05, 3.63) is 57.9 Å². The zero-order valence-electron chi connectivity index (χ0n) is 18.4. The van der Waals surface area contributed by atoms with Crippen molar-refractivity contribution in [2.45, 2.75) is 77.7 Å². The molecule has 0 bridgehead atoms. The van der Waals surface area contributed by atoms with E-state index in [2.05, 4.69) is 6.92 Å². The molecule has 2 heterocycles.